The first-order chi connectivity index (χ1) is 20.6. The summed E-state index contributed by atoms with van der Waals surface area (Å²) in [7, 11) is 0. The first kappa shape index (κ1) is 28.7. The number of thiophene rings is 1. The predicted octanol–water partition coefficient (Wildman–Crippen LogP) is 5.87. The number of likely N-dealkylation sites (tertiary alicyclic amines) is 1. The van der Waals surface area contributed by atoms with Gasteiger partial charge in [0.05, 0.1) is 12.8 Å². The number of rotatable bonds is 6. The SMILES string of the molecule is Cc1sc2ccc(-c3ccc(C4=NC5(CCN(C(C)C)CC5)C(=O)N4[C@@H](C)N4CCN(C(=O)C5CC5)C4)cc3)cc2c1C. The van der Waals surface area contributed by atoms with Crippen molar-refractivity contribution in [3.8, 4) is 11.1 Å². The van der Waals surface area contributed by atoms with Gasteiger partial charge in [-0.15, -0.1) is 11.3 Å². The number of hydrogen-bond donors (Lipinski definition) is 0. The molecule has 0 bridgehead atoms. The Kier molecular flexibility index (Phi) is 7.22. The largest absolute Gasteiger partial charge is 0.328 e. The summed E-state index contributed by atoms with van der Waals surface area (Å²) in [5, 5.41) is 1.32. The van der Waals surface area contributed by atoms with Crippen molar-refractivity contribution in [2.75, 3.05) is 32.8 Å². The number of carbonyl (C=O) groups excluding carboxylic acids is 2. The third kappa shape index (κ3) is 5.01. The molecular formula is C35H43N5O2S. The second kappa shape index (κ2) is 10.8. The zero-order valence-electron chi connectivity index (χ0n) is 26.1. The van der Waals surface area contributed by atoms with E-state index in [1.807, 2.05) is 21.1 Å². The molecule has 1 saturated carbocycles. The number of piperidine rings is 1. The molecule has 0 unspecified atom stereocenters. The highest BCUT2D eigenvalue weighted by Crippen LogP contribution is 2.39. The van der Waals surface area contributed by atoms with Gasteiger partial charge < -0.3 is 9.80 Å². The fourth-order valence-electron chi connectivity index (χ4n) is 7.09. The van der Waals surface area contributed by atoms with Crippen LogP contribution in [-0.2, 0) is 9.59 Å². The number of fused-ring (bicyclic) bond motifs is 1. The molecule has 4 heterocycles. The maximum absolute atomic E-state index is 14.4. The Balaban J connectivity index is 1.19. The summed E-state index contributed by atoms with van der Waals surface area (Å²) >= 11 is 1.85. The fraction of sp³-hybridized carbons (Fsp3) is 0.514. The van der Waals surface area contributed by atoms with Crippen LogP contribution in [-0.4, -0.2) is 87.8 Å². The minimum atomic E-state index is -0.712. The normalized spacial score (nSPS) is 21.9. The molecule has 3 aliphatic heterocycles. The van der Waals surface area contributed by atoms with E-state index in [1.165, 1.54) is 26.1 Å². The van der Waals surface area contributed by atoms with Crippen molar-refractivity contribution in [3.63, 3.8) is 0 Å². The Labute approximate surface area is 259 Å². The van der Waals surface area contributed by atoms with Crippen molar-refractivity contribution < 1.29 is 9.59 Å². The third-order valence-corrected chi connectivity index (χ3v) is 11.5. The highest BCUT2D eigenvalue weighted by Gasteiger charge is 2.52. The van der Waals surface area contributed by atoms with E-state index >= 15 is 0 Å². The molecule has 1 atom stereocenters. The summed E-state index contributed by atoms with van der Waals surface area (Å²) in [6.07, 6.45) is 3.32. The molecule has 7 nitrogen and oxygen atoms in total. The third-order valence-electron chi connectivity index (χ3n) is 10.3. The number of carbonyl (C=O) groups is 2. The average molecular weight is 598 g/mol. The number of hydrogen-bond acceptors (Lipinski definition) is 6. The minimum Gasteiger partial charge on any atom is -0.328 e. The van der Waals surface area contributed by atoms with E-state index in [-0.39, 0.29) is 23.9 Å². The molecular weight excluding hydrogens is 554 g/mol. The maximum atomic E-state index is 14.4. The van der Waals surface area contributed by atoms with E-state index < -0.39 is 5.54 Å². The lowest BCUT2D eigenvalue weighted by molar-refractivity contribution is -0.137. The van der Waals surface area contributed by atoms with E-state index in [4.69, 9.17) is 4.99 Å². The molecule has 7 rings (SSSR count). The summed E-state index contributed by atoms with van der Waals surface area (Å²) in [5.74, 6) is 1.37. The summed E-state index contributed by atoms with van der Waals surface area (Å²) < 4.78 is 1.33. The molecule has 8 heteroatoms. The van der Waals surface area contributed by atoms with Gasteiger partial charge in [-0.1, -0.05) is 30.3 Å². The number of aliphatic imine (C=N–C) groups is 1. The van der Waals surface area contributed by atoms with Crippen molar-refractivity contribution in [1.82, 2.24) is 19.6 Å². The minimum absolute atomic E-state index is 0.114. The molecule has 0 N–H and O–H groups in total. The van der Waals surface area contributed by atoms with Crippen molar-refractivity contribution in [2.45, 2.75) is 78.0 Å². The van der Waals surface area contributed by atoms with Crippen LogP contribution in [0.1, 0.15) is 62.5 Å². The van der Waals surface area contributed by atoms with E-state index in [0.717, 1.165) is 68.8 Å². The van der Waals surface area contributed by atoms with Crippen molar-refractivity contribution in [2.24, 2.45) is 10.9 Å². The Bertz CT molecular complexity index is 1600. The molecule has 1 aromatic heterocycles. The van der Waals surface area contributed by atoms with E-state index in [0.29, 0.717) is 12.7 Å². The van der Waals surface area contributed by atoms with Gasteiger partial charge in [0, 0.05) is 53.3 Å². The number of amidine groups is 1. The number of amides is 2. The first-order valence-corrected chi connectivity index (χ1v) is 16.8. The Morgan fingerprint density at radius 3 is 2.26 bits per heavy atom. The van der Waals surface area contributed by atoms with Crippen LogP contribution in [0.3, 0.4) is 0 Å². The van der Waals surface area contributed by atoms with Gasteiger partial charge in [-0.05, 0) is 94.5 Å². The molecule has 3 fully saturated rings. The van der Waals surface area contributed by atoms with Gasteiger partial charge in [0.1, 0.15) is 11.4 Å². The van der Waals surface area contributed by atoms with Gasteiger partial charge in [-0.2, -0.15) is 0 Å². The molecule has 3 aromatic rings. The van der Waals surface area contributed by atoms with Crippen LogP contribution in [0, 0.1) is 19.8 Å². The lowest BCUT2D eigenvalue weighted by Gasteiger charge is -2.39. The van der Waals surface area contributed by atoms with Gasteiger partial charge in [-0.3, -0.25) is 24.4 Å². The average Bonchev–Trinajstić information content (AvgIpc) is 3.59. The van der Waals surface area contributed by atoms with Crippen LogP contribution in [0.5, 0.6) is 0 Å². The second-order valence-electron chi connectivity index (χ2n) is 13.3. The summed E-state index contributed by atoms with van der Waals surface area (Å²) in [6, 6.07) is 15.8. The summed E-state index contributed by atoms with van der Waals surface area (Å²) in [4.78, 5) is 42.5. The Hall–Kier alpha value is -3.07. The highest BCUT2D eigenvalue weighted by molar-refractivity contribution is 7.19. The molecule has 1 spiro atoms. The number of aryl methyl sites for hydroxylation is 2. The Morgan fingerprint density at radius 2 is 1.58 bits per heavy atom. The number of benzene rings is 2. The van der Waals surface area contributed by atoms with Gasteiger partial charge in [0.2, 0.25) is 5.91 Å². The molecule has 0 radical (unpaired) electrons. The first-order valence-electron chi connectivity index (χ1n) is 16.0. The number of nitrogens with zero attached hydrogens (tertiary/aromatic N) is 5. The van der Waals surface area contributed by atoms with E-state index in [2.05, 4.69) is 86.9 Å². The lowest BCUT2D eigenvalue weighted by Crippen LogP contribution is -2.56. The standard InChI is InChI=1S/C35H43N5O2S/c1-22(2)37-16-14-35(15-17-37)34(42)40(25(5)38-18-19-39(21-38)33(41)28-10-11-28)32(36-35)27-8-6-26(7-9-27)29-12-13-31-30(20-29)23(3)24(4)43-31/h6-9,12-13,20,22,25,28H,10-11,14-19,21H2,1-5H3/t25-/m0/s1. The Morgan fingerprint density at radius 1 is 0.907 bits per heavy atom. The van der Waals surface area contributed by atoms with Gasteiger partial charge in [0.25, 0.3) is 5.91 Å². The topological polar surface area (TPSA) is 59.5 Å². The lowest BCUT2D eigenvalue weighted by atomic mass is 9.87. The molecule has 2 aromatic carbocycles. The van der Waals surface area contributed by atoms with Crippen LogP contribution < -0.4 is 0 Å². The maximum Gasteiger partial charge on any atom is 0.257 e. The highest BCUT2D eigenvalue weighted by atomic mass is 32.1. The van der Waals surface area contributed by atoms with E-state index in [1.54, 1.807) is 0 Å². The van der Waals surface area contributed by atoms with Crippen LogP contribution in [0.2, 0.25) is 0 Å². The van der Waals surface area contributed by atoms with Crippen molar-refractivity contribution >= 4 is 39.1 Å². The van der Waals surface area contributed by atoms with Crippen molar-refractivity contribution in [3.05, 3.63) is 58.5 Å². The van der Waals surface area contributed by atoms with Gasteiger partial charge in [-0.25, -0.2) is 0 Å². The molecule has 1 aliphatic carbocycles. The van der Waals surface area contributed by atoms with Crippen LogP contribution in [0.4, 0.5) is 0 Å². The van der Waals surface area contributed by atoms with E-state index in [9.17, 15) is 9.59 Å². The van der Waals surface area contributed by atoms with Crippen LogP contribution >= 0.6 is 11.3 Å². The van der Waals surface area contributed by atoms with Crippen molar-refractivity contribution in [1.29, 1.82) is 0 Å². The van der Waals surface area contributed by atoms with Gasteiger partial charge in [0.15, 0.2) is 0 Å². The monoisotopic (exact) mass is 597 g/mol. The summed E-state index contributed by atoms with van der Waals surface area (Å²) in [5.41, 5.74) is 3.98. The fourth-order valence-corrected chi connectivity index (χ4v) is 8.14. The van der Waals surface area contributed by atoms with Crippen LogP contribution in [0.15, 0.2) is 47.5 Å². The molecule has 226 valence electrons. The van der Waals surface area contributed by atoms with Gasteiger partial charge >= 0.3 is 0 Å². The zero-order chi connectivity index (χ0) is 30.0. The zero-order valence-corrected chi connectivity index (χ0v) is 26.9. The van der Waals surface area contributed by atoms with Crippen LogP contribution in [0.25, 0.3) is 21.2 Å². The molecule has 43 heavy (non-hydrogen) atoms. The smallest absolute Gasteiger partial charge is 0.257 e. The molecule has 2 saturated heterocycles. The predicted molar refractivity (Wildman–Crippen MR) is 174 cm³/mol. The second-order valence-corrected chi connectivity index (χ2v) is 14.6. The summed E-state index contributed by atoms with van der Waals surface area (Å²) in [6.45, 7) is 14.8. The quantitative estimate of drug-likeness (QED) is 0.357. The molecule has 2 amide bonds. The molecule has 4 aliphatic rings.